The van der Waals surface area contributed by atoms with E-state index in [9.17, 15) is 50.2 Å². The minimum atomic E-state index is -5.26. The standard InChI is InChI=1S/C42H31ClF7N3O6/c43-25-5-3-22(4-6-25)40-33(37(56)53(39(40)58)51-27-9-7-26(44)8-10-27)20-32-30(35(40)21-1-11-29(12-2-21)59-16-15-54)13-14-31-34(32)38(57)52(36(31)55)28-18-23(41(45,46)47)17-24(19-28)42(48,49)50/h1-13,17-19,31-35,51,54H,14-16,20H2/t31-,32+,33-,34-,35-,40+/m0/s1. The van der Waals surface area contributed by atoms with E-state index in [4.69, 9.17) is 16.3 Å². The van der Waals surface area contributed by atoms with Crippen LogP contribution in [0.4, 0.5) is 42.1 Å². The number of carbonyl (C=O) groups excluding carboxylic acids is 4. The summed E-state index contributed by atoms with van der Waals surface area (Å²) in [5.41, 5.74) is -1.82. The Hall–Kier alpha value is -5.74. The van der Waals surface area contributed by atoms with Crippen molar-refractivity contribution >= 4 is 46.6 Å². The fourth-order valence-electron chi connectivity index (χ4n) is 9.27. The molecule has 6 atom stereocenters. The van der Waals surface area contributed by atoms with E-state index in [1.807, 2.05) is 0 Å². The van der Waals surface area contributed by atoms with E-state index >= 15 is 4.79 Å². The number of alkyl halides is 6. The molecule has 2 saturated heterocycles. The Kier molecular flexibility index (Phi) is 9.86. The summed E-state index contributed by atoms with van der Waals surface area (Å²) in [6, 6.07) is 18.1. The summed E-state index contributed by atoms with van der Waals surface area (Å²) >= 11 is 6.31. The van der Waals surface area contributed by atoms with Gasteiger partial charge in [-0.05, 0) is 96.6 Å². The minimum absolute atomic E-state index is 0.0319. The number of fused-ring (bicyclic) bond motifs is 4. The van der Waals surface area contributed by atoms with E-state index in [0.29, 0.717) is 44.5 Å². The third kappa shape index (κ3) is 6.62. The highest BCUT2D eigenvalue weighted by atomic mass is 35.5. The van der Waals surface area contributed by atoms with Crippen molar-refractivity contribution in [2.45, 2.75) is 36.5 Å². The second kappa shape index (κ2) is 14.5. The first-order valence-corrected chi connectivity index (χ1v) is 18.7. The lowest BCUT2D eigenvalue weighted by molar-refractivity contribution is -0.143. The molecule has 2 aliphatic carbocycles. The first kappa shape index (κ1) is 40.1. The molecule has 4 aliphatic rings. The van der Waals surface area contributed by atoms with Gasteiger partial charge in [-0.25, -0.2) is 9.29 Å². The van der Waals surface area contributed by atoms with Gasteiger partial charge in [0.15, 0.2) is 0 Å². The number of ether oxygens (including phenoxy) is 1. The van der Waals surface area contributed by atoms with Crippen molar-refractivity contribution in [2.75, 3.05) is 23.5 Å². The highest BCUT2D eigenvalue weighted by molar-refractivity contribution is 6.30. The molecule has 0 unspecified atom stereocenters. The van der Waals surface area contributed by atoms with E-state index in [-0.39, 0.29) is 37.8 Å². The van der Waals surface area contributed by atoms with Crippen LogP contribution in [0.25, 0.3) is 0 Å². The van der Waals surface area contributed by atoms with Gasteiger partial charge in [-0.1, -0.05) is 47.5 Å². The molecule has 17 heteroatoms. The van der Waals surface area contributed by atoms with E-state index in [0.717, 1.165) is 17.1 Å². The molecule has 59 heavy (non-hydrogen) atoms. The molecule has 3 fully saturated rings. The number of nitrogens with one attached hydrogen (secondary N) is 1. The van der Waals surface area contributed by atoms with E-state index in [1.165, 1.54) is 24.3 Å². The quantitative estimate of drug-likeness (QED) is 0.105. The monoisotopic (exact) mass is 841 g/mol. The first-order chi connectivity index (χ1) is 27.9. The molecular weight excluding hydrogens is 811 g/mol. The predicted octanol–water partition coefficient (Wildman–Crippen LogP) is 8.08. The number of allylic oxidation sites excluding steroid dienone is 2. The van der Waals surface area contributed by atoms with Gasteiger partial charge in [0.05, 0.1) is 52.3 Å². The Morgan fingerprint density at radius 3 is 2.02 bits per heavy atom. The molecule has 4 aromatic rings. The van der Waals surface area contributed by atoms with Gasteiger partial charge in [-0.15, -0.1) is 0 Å². The van der Waals surface area contributed by atoms with Gasteiger partial charge < -0.3 is 9.84 Å². The van der Waals surface area contributed by atoms with Crippen molar-refractivity contribution in [2.24, 2.45) is 23.7 Å². The topological polar surface area (TPSA) is 116 Å². The number of halogens is 8. The van der Waals surface area contributed by atoms with Crippen molar-refractivity contribution < 1.29 is 59.8 Å². The molecule has 306 valence electrons. The zero-order valence-corrected chi connectivity index (χ0v) is 31.1. The van der Waals surface area contributed by atoms with Crippen molar-refractivity contribution in [1.82, 2.24) is 5.01 Å². The molecule has 0 aromatic heterocycles. The van der Waals surface area contributed by atoms with Gasteiger partial charge in [0.2, 0.25) is 11.8 Å². The molecule has 4 amide bonds. The summed E-state index contributed by atoms with van der Waals surface area (Å²) < 4.78 is 103. The van der Waals surface area contributed by atoms with Crippen LogP contribution in [0, 0.1) is 29.5 Å². The summed E-state index contributed by atoms with van der Waals surface area (Å²) in [4.78, 5) is 59.0. The largest absolute Gasteiger partial charge is 0.491 e. The van der Waals surface area contributed by atoms with Crippen LogP contribution in [-0.2, 0) is 36.9 Å². The number of benzene rings is 4. The smallest absolute Gasteiger partial charge is 0.416 e. The highest BCUT2D eigenvalue weighted by Crippen LogP contribution is 2.64. The second-order valence-electron chi connectivity index (χ2n) is 14.8. The number of anilines is 2. The number of imide groups is 2. The molecule has 0 radical (unpaired) electrons. The van der Waals surface area contributed by atoms with Crippen LogP contribution in [-0.4, -0.2) is 47.0 Å². The summed E-state index contributed by atoms with van der Waals surface area (Å²) in [7, 11) is 0. The molecule has 0 spiro atoms. The highest BCUT2D eigenvalue weighted by Gasteiger charge is 2.70. The van der Waals surface area contributed by atoms with Crippen molar-refractivity contribution in [3.05, 3.63) is 136 Å². The lowest BCUT2D eigenvalue weighted by Gasteiger charge is -2.50. The maximum Gasteiger partial charge on any atom is 0.416 e. The van der Waals surface area contributed by atoms with Crippen LogP contribution in [0.1, 0.15) is 41.0 Å². The van der Waals surface area contributed by atoms with Crippen LogP contribution in [0.3, 0.4) is 0 Å². The van der Waals surface area contributed by atoms with Crippen LogP contribution in [0.15, 0.2) is 103 Å². The molecule has 2 heterocycles. The molecule has 8 rings (SSSR count). The summed E-state index contributed by atoms with van der Waals surface area (Å²) in [6.07, 6.45) is -9.26. The fourth-order valence-corrected chi connectivity index (χ4v) is 9.40. The number of aliphatic hydroxyl groups is 1. The molecule has 2 aliphatic heterocycles. The zero-order valence-electron chi connectivity index (χ0n) is 30.4. The average molecular weight is 842 g/mol. The van der Waals surface area contributed by atoms with Crippen molar-refractivity contribution in [3.63, 3.8) is 0 Å². The number of hydrazine groups is 1. The molecular formula is C42H31ClF7N3O6. The van der Waals surface area contributed by atoms with Crippen LogP contribution < -0.4 is 15.1 Å². The summed E-state index contributed by atoms with van der Waals surface area (Å²) in [6.45, 7) is -0.312. The van der Waals surface area contributed by atoms with Gasteiger partial charge in [-0.3, -0.25) is 24.6 Å². The normalized spacial score (nSPS) is 25.4. The van der Waals surface area contributed by atoms with E-state index in [1.54, 1.807) is 42.5 Å². The van der Waals surface area contributed by atoms with Crippen molar-refractivity contribution in [1.29, 1.82) is 0 Å². The minimum Gasteiger partial charge on any atom is -0.491 e. The van der Waals surface area contributed by atoms with E-state index < -0.39 is 93.6 Å². The summed E-state index contributed by atoms with van der Waals surface area (Å²) in [5, 5.41) is 10.4. The van der Waals surface area contributed by atoms with E-state index in [2.05, 4.69) is 5.43 Å². The molecule has 4 aromatic carbocycles. The lowest BCUT2D eigenvalue weighted by Crippen LogP contribution is -2.53. The number of nitrogens with zero attached hydrogens (tertiary/aromatic N) is 2. The Morgan fingerprint density at radius 1 is 0.797 bits per heavy atom. The molecule has 2 N–H and O–H groups in total. The molecule has 9 nitrogen and oxygen atoms in total. The zero-order chi connectivity index (χ0) is 42.2. The second-order valence-corrected chi connectivity index (χ2v) is 15.2. The summed E-state index contributed by atoms with van der Waals surface area (Å²) in [5.74, 6) is -9.65. The van der Waals surface area contributed by atoms with Crippen LogP contribution >= 0.6 is 11.6 Å². The number of aliphatic hydroxyl groups excluding tert-OH is 1. The lowest BCUT2D eigenvalue weighted by atomic mass is 9.49. The Morgan fingerprint density at radius 2 is 1.42 bits per heavy atom. The Bertz CT molecular complexity index is 2360. The van der Waals surface area contributed by atoms with Gasteiger partial charge in [-0.2, -0.15) is 31.4 Å². The van der Waals surface area contributed by atoms with Crippen molar-refractivity contribution in [3.8, 4) is 5.75 Å². The van der Waals surface area contributed by atoms with Gasteiger partial charge in [0.1, 0.15) is 18.2 Å². The number of carbonyl (C=O) groups is 4. The van der Waals surface area contributed by atoms with Crippen LogP contribution in [0.2, 0.25) is 5.02 Å². The maximum atomic E-state index is 15.2. The molecule has 0 bridgehead atoms. The number of hydrogen-bond acceptors (Lipinski definition) is 7. The Labute approximate surface area is 336 Å². The number of rotatable bonds is 8. The molecule has 1 saturated carbocycles. The fraction of sp³-hybridized carbons (Fsp3) is 0.286. The Balaban J connectivity index is 1.29. The maximum absolute atomic E-state index is 15.2. The van der Waals surface area contributed by atoms with Crippen LogP contribution in [0.5, 0.6) is 5.75 Å². The van der Waals surface area contributed by atoms with Gasteiger partial charge in [0.25, 0.3) is 11.8 Å². The third-order valence-corrected chi connectivity index (χ3v) is 11.9. The predicted molar refractivity (Wildman–Crippen MR) is 197 cm³/mol. The van der Waals surface area contributed by atoms with Gasteiger partial charge >= 0.3 is 12.4 Å². The number of amides is 4. The third-order valence-electron chi connectivity index (χ3n) is 11.7. The van der Waals surface area contributed by atoms with Gasteiger partial charge in [0, 0.05) is 10.9 Å². The first-order valence-electron chi connectivity index (χ1n) is 18.3. The SMILES string of the molecule is O=C1[C@@H]2C[C@@H]3C(=CC[C@@H]4C(=O)N(c5cc(C(F)(F)F)cc(C(F)(F)F)c5)C(=O)[C@@H]43)[C@H](c3ccc(OCCO)cc3)[C@]2(c2ccc(Cl)cc2)C(=O)N1Nc1ccc(F)cc1. The average Bonchev–Trinajstić information content (AvgIpc) is 3.58. The number of hydrogen-bond donors (Lipinski definition) is 2.